The van der Waals surface area contributed by atoms with Crippen LogP contribution in [0.4, 0.5) is 0 Å². The third-order valence-corrected chi connectivity index (χ3v) is 8.18. The predicted octanol–water partition coefficient (Wildman–Crippen LogP) is 7.09. The van der Waals surface area contributed by atoms with Crippen LogP contribution in [0.15, 0.2) is 119 Å². The summed E-state index contributed by atoms with van der Waals surface area (Å²) in [4.78, 5) is 19.3. The molecule has 0 aromatic heterocycles. The molecule has 1 aliphatic rings. The van der Waals surface area contributed by atoms with Crippen LogP contribution in [-0.2, 0) is 16.0 Å². The number of amides is 1. The molecule has 45 heavy (non-hydrogen) atoms. The normalized spacial score (nSPS) is 17.6. The molecule has 1 heterocycles. The van der Waals surface area contributed by atoms with Gasteiger partial charge in [0, 0.05) is 41.1 Å². The van der Waals surface area contributed by atoms with E-state index in [1.165, 1.54) is 0 Å². The fourth-order valence-corrected chi connectivity index (χ4v) is 5.39. The molecule has 2 atom stereocenters. The zero-order chi connectivity index (χ0) is 31.5. The largest absolute Gasteiger partial charge is 0.494 e. The second-order valence-electron chi connectivity index (χ2n) is 10.6. The average Bonchev–Trinajstić information content (AvgIpc) is 3.46. The highest BCUT2D eigenvalue weighted by atomic mass is 79.9. The third kappa shape index (κ3) is 8.61. The molecule has 0 aliphatic carbocycles. The van der Waals surface area contributed by atoms with Crippen molar-refractivity contribution in [2.24, 2.45) is 4.99 Å². The maximum absolute atomic E-state index is 14.2. The molecule has 7 nitrogen and oxygen atoms in total. The Kier molecular flexibility index (Phi) is 11.4. The van der Waals surface area contributed by atoms with Gasteiger partial charge in [-0.05, 0) is 71.6 Å². The number of nitrogens with one attached hydrogen (secondary N) is 2. The molecule has 232 valence electrons. The number of nitrogens with zero attached hydrogens (tertiary/aromatic N) is 1. The lowest BCUT2D eigenvalue weighted by Gasteiger charge is -2.30. The summed E-state index contributed by atoms with van der Waals surface area (Å²) < 4.78 is 13.2. The first-order valence-electron chi connectivity index (χ1n) is 14.8. The number of aliphatic hydroxyl groups is 1. The molecule has 1 aliphatic heterocycles. The van der Waals surface area contributed by atoms with Crippen molar-refractivity contribution in [3.8, 4) is 5.75 Å². The van der Waals surface area contributed by atoms with Gasteiger partial charge in [-0.25, -0.2) is 10.4 Å². The summed E-state index contributed by atoms with van der Waals surface area (Å²) in [5, 5.41) is 9.74. The lowest BCUT2D eigenvalue weighted by Crippen LogP contribution is -2.52. The number of hydrogen-bond donors (Lipinski definition) is 3. The maximum Gasteiger partial charge on any atom is 0.266 e. The third-order valence-electron chi connectivity index (χ3n) is 7.40. The number of benzene rings is 4. The highest BCUT2D eigenvalue weighted by Gasteiger charge is 2.52. The van der Waals surface area contributed by atoms with Gasteiger partial charge in [-0.3, -0.25) is 10.2 Å². The van der Waals surface area contributed by atoms with Gasteiger partial charge in [-0.1, -0.05) is 94.3 Å². The van der Waals surface area contributed by atoms with Crippen molar-refractivity contribution in [3.05, 3.63) is 141 Å². The Hall–Kier alpha value is -3.95. The molecule has 3 N–H and O–H groups in total. The predicted molar refractivity (Wildman–Crippen MR) is 182 cm³/mol. The van der Waals surface area contributed by atoms with Crippen LogP contribution in [0.25, 0.3) is 6.08 Å². The second kappa shape index (κ2) is 15.9. The van der Waals surface area contributed by atoms with E-state index < -0.39 is 11.6 Å². The Bertz CT molecular complexity index is 1600. The summed E-state index contributed by atoms with van der Waals surface area (Å²) in [7, 11) is 0. The molecular weight excluding hydrogens is 654 g/mol. The fraction of sp³-hybridized carbons (Fsp3) is 0.222. The van der Waals surface area contributed by atoms with E-state index >= 15 is 0 Å². The fourth-order valence-electron chi connectivity index (χ4n) is 5.00. The lowest BCUT2D eigenvalue weighted by molar-refractivity contribution is -0.129. The number of rotatable bonds is 14. The molecular formula is C36H35BrClN3O4. The molecule has 4 aromatic carbocycles. The first kappa shape index (κ1) is 32.4. The molecule has 0 radical (unpaired) electrons. The molecule has 0 fully saturated rings. The number of hydrogen-bond acceptors (Lipinski definition) is 6. The molecule has 5 rings (SSSR count). The molecule has 4 aromatic rings. The Labute approximate surface area is 277 Å². The van der Waals surface area contributed by atoms with Gasteiger partial charge in [0.25, 0.3) is 5.91 Å². The first-order chi connectivity index (χ1) is 22.0. The van der Waals surface area contributed by atoms with Gasteiger partial charge in [0.1, 0.15) is 5.75 Å². The number of halogens is 2. The Morgan fingerprint density at radius 1 is 1.00 bits per heavy atom. The molecule has 9 heteroatoms. The standard InChI is InChI=1S/C36H35BrClN3O4/c37-30-15-11-28(12-16-30)33-36(22-4-8-26-6-2-1-3-7-26,35(43)41-39-23-21-27-9-17-31(38)18-10-27)40-34(45-33)29-13-19-32(20-14-29)44-25-5-24-42/h1-4,6-20,33,39,42H,5,21-25H2,(H,41,43)/b8-4+/t33-,36-/m0/s1. The Morgan fingerprint density at radius 2 is 1.73 bits per heavy atom. The van der Waals surface area contributed by atoms with E-state index in [4.69, 9.17) is 31.2 Å². The number of carbonyl (C=O) groups is 1. The lowest BCUT2D eigenvalue weighted by atomic mass is 9.84. The minimum atomic E-state index is -1.31. The zero-order valence-corrected chi connectivity index (χ0v) is 27.0. The van der Waals surface area contributed by atoms with Crippen molar-refractivity contribution in [1.29, 1.82) is 0 Å². The monoisotopic (exact) mass is 687 g/mol. The number of aliphatic imine (C=N–C) groups is 1. The number of hydrazine groups is 1. The van der Waals surface area contributed by atoms with Crippen molar-refractivity contribution in [2.75, 3.05) is 19.8 Å². The maximum atomic E-state index is 14.2. The van der Waals surface area contributed by atoms with Crippen LogP contribution in [0.5, 0.6) is 5.75 Å². The van der Waals surface area contributed by atoms with Gasteiger partial charge in [-0.15, -0.1) is 0 Å². The molecule has 0 saturated carbocycles. The van der Waals surface area contributed by atoms with E-state index in [0.29, 0.717) is 49.1 Å². The Balaban J connectivity index is 1.44. The smallest absolute Gasteiger partial charge is 0.266 e. The minimum absolute atomic E-state index is 0.0685. The number of aliphatic hydroxyl groups excluding tert-OH is 1. The molecule has 1 amide bonds. The topological polar surface area (TPSA) is 92.2 Å². The van der Waals surface area contributed by atoms with Crippen LogP contribution >= 0.6 is 27.5 Å². The van der Waals surface area contributed by atoms with Gasteiger partial charge < -0.3 is 14.6 Å². The zero-order valence-electron chi connectivity index (χ0n) is 24.7. The second-order valence-corrected chi connectivity index (χ2v) is 12.0. The molecule has 0 saturated heterocycles. The van der Waals surface area contributed by atoms with Crippen LogP contribution in [0.1, 0.15) is 41.2 Å². The van der Waals surface area contributed by atoms with Crippen molar-refractivity contribution >= 4 is 45.4 Å². The Morgan fingerprint density at radius 3 is 2.44 bits per heavy atom. The quantitative estimate of drug-likeness (QED) is 0.0973. The molecule has 0 bridgehead atoms. The molecule has 0 unspecified atom stereocenters. The van der Waals surface area contributed by atoms with Crippen LogP contribution < -0.4 is 15.6 Å². The van der Waals surface area contributed by atoms with Crippen LogP contribution in [0.3, 0.4) is 0 Å². The van der Waals surface area contributed by atoms with Crippen LogP contribution in [0.2, 0.25) is 5.02 Å². The number of ether oxygens (including phenoxy) is 2. The minimum Gasteiger partial charge on any atom is -0.494 e. The highest BCUT2D eigenvalue weighted by molar-refractivity contribution is 9.10. The van der Waals surface area contributed by atoms with E-state index in [1.54, 1.807) is 0 Å². The van der Waals surface area contributed by atoms with Crippen molar-refractivity contribution in [3.63, 3.8) is 0 Å². The van der Waals surface area contributed by atoms with Crippen molar-refractivity contribution in [2.45, 2.75) is 30.9 Å². The van der Waals surface area contributed by atoms with Gasteiger partial charge >= 0.3 is 0 Å². The van der Waals surface area contributed by atoms with Crippen LogP contribution in [-0.4, -0.2) is 42.2 Å². The summed E-state index contributed by atoms with van der Waals surface area (Å²) in [6.07, 6.45) is 4.81. The van der Waals surface area contributed by atoms with Gasteiger partial charge in [0.15, 0.2) is 11.6 Å². The summed E-state index contributed by atoms with van der Waals surface area (Å²) >= 11 is 9.55. The average molecular weight is 689 g/mol. The summed E-state index contributed by atoms with van der Waals surface area (Å²) in [6, 6.07) is 32.7. The van der Waals surface area contributed by atoms with Gasteiger partial charge in [-0.2, -0.15) is 0 Å². The number of carbonyl (C=O) groups excluding carboxylic acids is 1. The molecule has 0 spiro atoms. The van der Waals surface area contributed by atoms with Crippen molar-refractivity contribution in [1.82, 2.24) is 10.9 Å². The summed E-state index contributed by atoms with van der Waals surface area (Å²) in [6.45, 7) is 1.00. The SMILES string of the molecule is O=C(NNCCc1ccc(Cl)cc1)[C@@]1(C/C=C/c2ccccc2)N=C(c2ccc(OCCCO)cc2)O[C@H]1c1ccc(Br)cc1. The first-order valence-corrected chi connectivity index (χ1v) is 16.0. The highest BCUT2D eigenvalue weighted by Crippen LogP contribution is 2.43. The van der Waals surface area contributed by atoms with E-state index in [2.05, 4.69) is 26.8 Å². The summed E-state index contributed by atoms with van der Waals surface area (Å²) in [5.41, 5.74) is 8.40. The van der Waals surface area contributed by atoms with E-state index in [9.17, 15) is 4.79 Å². The van der Waals surface area contributed by atoms with E-state index in [0.717, 1.165) is 26.7 Å². The summed E-state index contributed by atoms with van der Waals surface area (Å²) in [5.74, 6) is 0.743. The van der Waals surface area contributed by atoms with Gasteiger partial charge in [0.05, 0.1) is 6.61 Å². The van der Waals surface area contributed by atoms with Crippen molar-refractivity contribution < 1.29 is 19.4 Å². The van der Waals surface area contributed by atoms with Gasteiger partial charge in [0.2, 0.25) is 5.90 Å². The van der Waals surface area contributed by atoms with Crippen LogP contribution in [0, 0.1) is 0 Å². The van der Waals surface area contributed by atoms with E-state index in [1.807, 2.05) is 115 Å². The van der Waals surface area contributed by atoms with E-state index in [-0.39, 0.29) is 12.5 Å².